The second-order valence-corrected chi connectivity index (χ2v) is 4.50. The minimum absolute atomic E-state index is 0.399. The van der Waals surface area contributed by atoms with E-state index in [1.807, 2.05) is 0 Å². The molecule has 1 aromatic heterocycles. The van der Waals surface area contributed by atoms with Crippen LogP contribution in [0.2, 0.25) is 0 Å². The minimum Gasteiger partial charge on any atom is -0.338 e. The molecule has 0 aliphatic heterocycles. The Morgan fingerprint density at radius 2 is 1.43 bits per heavy atom. The number of aromatic nitrogens is 2. The van der Waals surface area contributed by atoms with Crippen LogP contribution in [0, 0.1) is 36.0 Å². The molecule has 0 aliphatic carbocycles. The third-order valence-electron chi connectivity index (χ3n) is 3.16. The van der Waals surface area contributed by atoms with Crippen LogP contribution in [0.25, 0.3) is 22.4 Å². The second kappa shape index (κ2) is 4.54. The van der Waals surface area contributed by atoms with Gasteiger partial charge in [0.05, 0.1) is 16.6 Å². The average molecular weight is 298 g/mol. The summed E-state index contributed by atoms with van der Waals surface area (Å²) in [7, 11) is 0. The van der Waals surface area contributed by atoms with Gasteiger partial charge in [-0.2, -0.15) is 0 Å². The number of fused-ring (bicyclic) bond motifs is 1. The highest BCUT2D eigenvalue weighted by Gasteiger charge is 2.28. The van der Waals surface area contributed by atoms with Gasteiger partial charge in [-0.15, -0.1) is 0 Å². The molecule has 1 N–H and O–H groups in total. The molecular weight excluding hydrogens is 291 g/mol. The maximum absolute atomic E-state index is 13.7. The van der Waals surface area contributed by atoms with E-state index < -0.39 is 40.5 Å². The number of hydrogen-bond donors (Lipinski definition) is 1. The third kappa shape index (κ3) is 1.88. The first kappa shape index (κ1) is 13.5. The number of benzene rings is 2. The zero-order chi connectivity index (χ0) is 15.3. The molecule has 0 spiro atoms. The van der Waals surface area contributed by atoms with Crippen molar-refractivity contribution in [3.8, 4) is 11.4 Å². The summed E-state index contributed by atoms with van der Waals surface area (Å²) in [5, 5.41) is 0. The fourth-order valence-electron chi connectivity index (χ4n) is 2.11. The monoisotopic (exact) mass is 298 g/mol. The molecule has 0 fully saturated rings. The van der Waals surface area contributed by atoms with E-state index in [0.717, 1.165) is 0 Å². The van der Waals surface area contributed by atoms with Crippen LogP contribution >= 0.6 is 0 Å². The number of H-pyrrole nitrogens is 1. The summed E-state index contributed by atoms with van der Waals surface area (Å²) in [5.41, 5.74) is 0.478. The Kier molecular flexibility index (Phi) is 2.93. The number of halogens is 5. The summed E-state index contributed by atoms with van der Waals surface area (Å²) >= 11 is 0. The number of hydrogen-bond acceptors (Lipinski definition) is 1. The van der Waals surface area contributed by atoms with E-state index in [-0.39, 0.29) is 0 Å². The quantitative estimate of drug-likeness (QED) is 0.406. The molecular formula is C14H7F5N2. The fraction of sp³-hybridized carbons (Fsp3) is 0.0714. The fourth-order valence-corrected chi connectivity index (χ4v) is 2.11. The van der Waals surface area contributed by atoms with Crippen molar-refractivity contribution in [3.63, 3.8) is 0 Å². The smallest absolute Gasteiger partial charge is 0.200 e. The van der Waals surface area contributed by atoms with Gasteiger partial charge in [0.2, 0.25) is 5.82 Å². The van der Waals surface area contributed by atoms with Crippen molar-refractivity contribution in [2.45, 2.75) is 6.92 Å². The summed E-state index contributed by atoms with van der Waals surface area (Å²) < 4.78 is 66.9. The van der Waals surface area contributed by atoms with Crippen molar-refractivity contribution in [2.75, 3.05) is 0 Å². The molecule has 0 saturated carbocycles. The Labute approximate surface area is 115 Å². The first-order valence-electron chi connectivity index (χ1n) is 5.89. The van der Waals surface area contributed by atoms with Gasteiger partial charge < -0.3 is 4.98 Å². The molecule has 3 aromatic rings. The Balaban J connectivity index is 2.35. The van der Waals surface area contributed by atoms with Crippen LogP contribution in [0.3, 0.4) is 0 Å². The maximum atomic E-state index is 13.7. The van der Waals surface area contributed by atoms with Crippen molar-refractivity contribution in [2.24, 2.45) is 0 Å². The number of nitrogens with zero attached hydrogens (tertiary/aromatic N) is 1. The van der Waals surface area contributed by atoms with Crippen molar-refractivity contribution in [1.29, 1.82) is 0 Å². The van der Waals surface area contributed by atoms with E-state index in [0.29, 0.717) is 16.6 Å². The molecule has 0 bridgehead atoms. The molecule has 3 rings (SSSR count). The van der Waals surface area contributed by atoms with Gasteiger partial charge in [-0.05, 0) is 18.6 Å². The van der Waals surface area contributed by atoms with Crippen LogP contribution in [-0.2, 0) is 0 Å². The maximum Gasteiger partial charge on any atom is 0.200 e. The molecule has 1 heterocycles. The molecule has 7 heteroatoms. The Morgan fingerprint density at radius 3 is 2.00 bits per heavy atom. The normalized spacial score (nSPS) is 11.3. The SMILES string of the molecule is Cc1cccc2[nH]c(-c3c(F)c(F)c(F)c(F)c3F)nc12. The molecule has 21 heavy (non-hydrogen) atoms. The van der Waals surface area contributed by atoms with Crippen molar-refractivity contribution < 1.29 is 22.0 Å². The van der Waals surface area contributed by atoms with Gasteiger partial charge >= 0.3 is 0 Å². The molecule has 2 aromatic carbocycles. The van der Waals surface area contributed by atoms with Gasteiger partial charge in [0, 0.05) is 0 Å². The Morgan fingerprint density at radius 1 is 0.857 bits per heavy atom. The molecule has 0 aliphatic rings. The molecule has 2 nitrogen and oxygen atoms in total. The summed E-state index contributed by atoms with van der Waals surface area (Å²) in [5.74, 6) is -10.4. The van der Waals surface area contributed by atoms with E-state index in [2.05, 4.69) is 9.97 Å². The molecule has 0 saturated heterocycles. The summed E-state index contributed by atoms with van der Waals surface area (Å²) in [4.78, 5) is 6.49. The first-order chi connectivity index (χ1) is 9.91. The number of para-hydroxylation sites is 1. The van der Waals surface area contributed by atoms with Crippen LogP contribution in [-0.4, -0.2) is 9.97 Å². The molecule has 0 unspecified atom stereocenters. The predicted octanol–water partition coefficient (Wildman–Crippen LogP) is 4.23. The Bertz CT molecular complexity index is 840. The standard InChI is InChI=1S/C14H7F5N2/c1-5-3-2-4-6-13(5)21-14(20-6)7-8(15)10(17)12(19)11(18)9(7)16/h2-4H,1H3,(H,20,21). The highest BCUT2D eigenvalue weighted by molar-refractivity contribution is 5.82. The van der Waals surface area contributed by atoms with Crippen molar-refractivity contribution in [3.05, 3.63) is 52.8 Å². The van der Waals surface area contributed by atoms with Gasteiger partial charge in [-0.3, -0.25) is 0 Å². The largest absolute Gasteiger partial charge is 0.338 e. The van der Waals surface area contributed by atoms with Crippen LogP contribution in [0.15, 0.2) is 18.2 Å². The van der Waals surface area contributed by atoms with E-state index in [1.165, 1.54) is 0 Å². The van der Waals surface area contributed by atoms with E-state index in [4.69, 9.17) is 0 Å². The Hall–Kier alpha value is -2.44. The average Bonchev–Trinajstić information content (AvgIpc) is 2.88. The highest BCUT2D eigenvalue weighted by atomic mass is 19.2. The van der Waals surface area contributed by atoms with Crippen LogP contribution in [0.4, 0.5) is 22.0 Å². The lowest BCUT2D eigenvalue weighted by Crippen LogP contribution is -2.04. The number of imidazole rings is 1. The highest BCUT2D eigenvalue weighted by Crippen LogP contribution is 2.31. The number of aromatic amines is 1. The van der Waals surface area contributed by atoms with Crippen LogP contribution < -0.4 is 0 Å². The molecule has 0 radical (unpaired) electrons. The number of aryl methyl sites for hydroxylation is 1. The lowest BCUT2D eigenvalue weighted by molar-refractivity contribution is 0.381. The lowest BCUT2D eigenvalue weighted by atomic mass is 10.1. The molecule has 108 valence electrons. The third-order valence-corrected chi connectivity index (χ3v) is 3.16. The van der Waals surface area contributed by atoms with Crippen LogP contribution in [0.1, 0.15) is 5.56 Å². The number of nitrogens with one attached hydrogen (secondary N) is 1. The minimum atomic E-state index is -2.19. The topological polar surface area (TPSA) is 28.7 Å². The summed E-state index contributed by atoms with van der Waals surface area (Å²) in [6, 6.07) is 4.98. The first-order valence-corrected chi connectivity index (χ1v) is 5.89. The zero-order valence-corrected chi connectivity index (χ0v) is 10.6. The molecule has 0 atom stereocenters. The second-order valence-electron chi connectivity index (χ2n) is 4.50. The summed E-state index contributed by atoms with van der Waals surface area (Å²) in [6.45, 7) is 1.71. The van der Waals surface area contributed by atoms with E-state index in [1.54, 1.807) is 25.1 Å². The van der Waals surface area contributed by atoms with Gasteiger partial charge in [-0.25, -0.2) is 26.9 Å². The van der Waals surface area contributed by atoms with Gasteiger partial charge in [-0.1, -0.05) is 12.1 Å². The predicted molar refractivity (Wildman–Crippen MR) is 66.1 cm³/mol. The van der Waals surface area contributed by atoms with E-state index >= 15 is 0 Å². The van der Waals surface area contributed by atoms with Gasteiger partial charge in [0.15, 0.2) is 23.3 Å². The van der Waals surface area contributed by atoms with Gasteiger partial charge in [0.25, 0.3) is 0 Å². The number of rotatable bonds is 1. The van der Waals surface area contributed by atoms with Crippen molar-refractivity contribution >= 4 is 11.0 Å². The van der Waals surface area contributed by atoms with E-state index in [9.17, 15) is 22.0 Å². The van der Waals surface area contributed by atoms with Crippen LogP contribution in [0.5, 0.6) is 0 Å². The zero-order valence-electron chi connectivity index (χ0n) is 10.6. The summed E-state index contributed by atoms with van der Waals surface area (Å²) in [6.07, 6.45) is 0. The lowest BCUT2D eigenvalue weighted by Gasteiger charge is -2.05. The molecule has 0 amide bonds. The van der Waals surface area contributed by atoms with Gasteiger partial charge in [0.1, 0.15) is 5.82 Å². The van der Waals surface area contributed by atoms with Crippen molar-refractivity contribution in [1.82, 2.24) is 9.97 Å².